The number of carbonyl (C=O) groups excluding carboxylic acids is 1. The molecule has 4 aromatic rings. The van der Waals surface area contributed by atoms with Gasteiger partial charge in [-0.2, -0.15) is 0 Å². The lowest BCUT2D eigenvalue weighted by Gasteiger charge is -2.12. The van der Waals surface area contributed by atoms with Gasteiger partial charge in [0.25, 0.3) is 0 Å². The van der Waals surface area contributed by atoms with Gasteiger partial charge in [-0.15, -0.1) is 0 Å². The number of aromatic nitrogens is 2. The van der Waals surface area contributed by atoms with E-state index in [9.17, 15) is 9.59 Å². The third-order valence-electron chi connectivity index (χ3n) is 4.39. The summed E-state index contributed by atoms with van der Waals surface area (Å²) in [6.07, 6.45) is 0. The Morgan fingerprint density at radius 3 is 2.52 bits per heavy atom. The number of hydrogen-bond acceptors (Lipinski definition) is 7. The van der Waals surface area contributed by atoms with Crippen LogP contribution in [0, 0.1) is 0 Å². The Hall–Kier alpha value is -3.94. The normalized spacial score (nSPS) is 10.9. The average Bonchev–Trinajstić information content (AvgIpc) is 2.72. The number of methoxy groups -OCH3 is 2. The second kappa shape index (κ2) is 7.23. The summed E-state index contributed by atoms with van der Waals surface area (Å²) in [5.41, 5.74) is 0.797. The van der Waals surface area contributed by atoms with Crippen LogP contribution in [-0.2, 0) is 4.79 Å². The van der Waals surface area contributed by atoms with Crippen LogP contribution in [0.4, 0.5) is 5.82 Å². The molecule has 0 fully saturated rings. The fourth-order valence-corrected chi connectivity index (χ4v) is 3.11. The molecule has 29 heavy (non-hydrogen) atoms. The first-order valence-electron chi connectivity index (χ1n) is 8.75. The van der Waals surface area contributed by atoms with Gasteiger partial charge in [0.1, 0.15) is 11.0 Å². The van der Waals surface area contributed by atoms with Crippen molar-refractivity contribution >= 4 is 33.6 Å². The van der Waals surface area contributed by atoms with Gasteiger partial charge in [-0.1, -0.05) is 12.1 Å². The summed E-state index contributed by atoms with van der Waals surface area (Å²) < 4.78 is 16.0. The van der Waals surface area contributed by atoms with Crippen molar-refractivity contribution in [1.29, 1.82) is 0 Å². The number of benzene rings is 2. The van der Waals surface area contributed by atoms with Gasteiger partial charge >= 0.3 is 5.63 Å². The van der Waals surface area contributed by atoms with Crippen molar-refractivity contribution in [2.45, 2.75) is 6.92 Å². The molecule has 2 heterocycles. The average molecular weight is 391 g/mol. The summed E-state index contributed by atoms with van der Waals surface area (Å²) in [5, 5.41) is 3.36. The Morgan fingerprint density at radius 1 is 1.03 bits per heavy atom. The molecule has 0 saturated carbocycles. The largest absolute Gasteiger partial charge is 0.493 e. The summed E-state index contributed by atoms with van der Waals surface area (Å²) in [6, 6.07) is 12.3. The van der Waals surface area contributed by atoms with Crippen LogP contribution in [0.2, 0.25) is 0 Å². The van der Waals surface area contributed by atoms with E-state index in [0.717, 1.165) is 0 Å². The van der Waals surface area contributed by atoms with E-state index in [2.05, 4.69) is 15.3 Å². The maximum Gasteiger partial charge on any atom is 0.349 e. The highest BCUT2D eigenvalue weighted by molar-refractivity contribution is 6.08. The second-order valence-corrected chi connectivity index (χ2v) is 6.26. The van der Waals surface area contributed by atoms with Gasteiger partial charge in [-0.25, -0.2) is 14.8 Å². The number of rotatable bonds is 4. The van der Waals surface area contributed by atoms with Crippen LogP contribution in [0.15, 0.2) is 51.7 Å². The predicted octanol–water partition coefficient (Wildman–Crippen LogP) is 3.38. The zero-order valence-corrected chi connectivity index (χ0v) is 16.0. The first-order valence-corrected chi connectivity index (χ1v) is 8.75. The van der Waals surface area contributed by atoms with E-state index in [4.69, 9.17) is 13.9 Å². The van der Waals surface area contributed by atoms with E-state index >= 15 is 0 Å². The molecule has 2 aromatic carbocycles. The zero-order chi connectivity index (χ0) is 20.5. The highest BCUT2D eigenvalue weighted by atomic mass is 16.5. The Kier molecular flexibility index (Phi) is 4.59. The smallest absolute Gasteiger partial charge is 0.349 e. The molecule has 4 rings (SSSR count). The highest BCUT2D eigenvalue weighted by Gasteiger charge is 2.18. The topological polar surface area (TPSA) is 104 Å². The van der Waals surface area contributed by atoms with E-state index < -0.39 is 5.63 Å². The number of ether oxygens (including phenoxy) is 2. The number of fused-ring (bicyclic) bond motifs is 3. The van der Waals surface area contributed by atoms with Crippen LogP contribution >= 0.6 is 0 Å². The van der Waals surface area contributed by atoms with Crippen LogP contribution in [0.3, 0.4) is 0 Å². The molecule has 2 aromatic heterocycles. The molecule has 0 saturated heterocycles. The van der Waals surface area contributed by atoms with Crippen molar-refractivity contribution in [3.8, 4) is 22.9 Å². The molecule has 8 nitrogen and oxygen atoms in total. The summed E-state index contributed by atoms with van der Waals surface area (Å²) in [7, 11) is 3.08. The van der Waals surface area contributed by atoms with E-state index in [0.29, 0.717) is 39.4 Å². The Morgan fingerprint density at radius 2 is 1.79 bits per heavy atom. The van der Waals surface area contributed by atoms with Gasteiger partial charge in [0.2, 0.25) is 5.91 Å². The summed E-state index contributed by atoms with van der Waals surface area (Å²) in [5.74, 6) is 1.11. The number of nitrogens with zero attached hydrogens (tertiary/aromatic N) is 2. The van der Waals surface area contributed by atoms with Gasteiger partial charge in [0, 0.05) is 17.9 Å². The van der Waals surface area contributed by atoms with Crippen molar-refractivity contribution in [2.24, 2.45) is 0 Å². The van der Waals surface area contributed by atoms with E-state index in [1.165, 1.54) is 14.0 Å². The standard InChI is InChI=1S/C21H17N3O5/c1-11(25)22-20-17-18(13-6-4-5-7-14(13)29-21(17)26)23-19(24-20)12-8-9-15(27-2)16(10-12)28-3/h4-10H,1-3H3,(H,22,23,24,25). The molecule has 1 amide bonds. The summed E-state index contributed by atoms with van der Waals surface area (Å²) in [4.78, 5) is 33.3. The van der Waals surface area contributed by atoms with Gasteiger partial charge < -0.3 is 19.2 Å². The number of hydrogen-bond donors (Lipinski definition) is 1. The summed E-state index contributed by atoms with van der Waals surface area (Å²) in [6.45, 7) is 1.34. The first-order chi connectivity index (χ1) is 14.0. The highest BCUT2D eigenvalue weighted by Crippen LogP contribution is 2.33. The molecule has 0 radical (unpaired) electrons. The van der Waals surface area contributed by atoms with Gasteiger partial charge in [-0.05, 0) is 30.3 Å². The van der Waals surface area contributed by atoms with Crippen molar-refractivity contribution in [1.82, 2.24) is 9.97 Å². The Labute approximate surface area is 165 Å². The SMILES string of the molecule is COc1ccc(-c2nc(NC(C)=O)c3c(=O)oc4ccccc4c3n2)cc1OC. The van der Waals surface area contributed by atoms with Crippen LogP contribution in [-0.4, -0.2) is 30.1 Å². The minimum absolute atomic E-state index is 0.0896. The van der Waals surface area contributed by atoms with Crippen molar-refractivity contribution in [3.63, 3.8) is 0 Å². The van der Waals surface area contributed by atoms with Crippen molar-refractivity contribution in [3.05, 3.63) is 52.9 Å². The molecule has 0 aliphatic rings. The van der Waals surface area contributed by atoms with Crippen molar-refractivity contribution < 1.29 is 18.7 Å². The molecule has 0 unspecified atom stereocenters. The second-order valence-electron chi connectivity index (χ2n) is 6.26. The molecular formula is C21H17N3O5. The minimum Gasteiger partial charge on any atom is -0.493 e. The predicted molar refractivity (Wildman–Crippen MR) is 108 cm³/mol. The Bertz CT molecular complexity index is 1310. The third-order valence-corrected chi connectivity index (χ3v) is 4.39. The molecule has 146 valence electrons. The van der Waals surface area contributed by atoms with Crippen LogP contribution in [0.5, 0.6) is 11.5 Å². The molecule has 0 aliphatic heterocycles. The number of para-hydroxylation sites is 1. The molecule has 0 atom stereocenters. The number of amides is 1. The summed E-state index contributed by atoms with van der Waals surface area (Å²) >= 11 is 0. The van der Waals surface area contributed by atoms with E-state index in [-0.39, 0.29) is 17.1 Å². The van der Waals surface area contributed by atoms with Gasteiger partial charge in [0.15, 0.2) is 23.1 Å². The molecule has 0 bridgehead atoms. The monoisotopic (exact) mass is 391 g/mol. The van der Waals surface area contributed by atoms with Crippen LogP contribution in [0.1, 0.15) is 6.92 Å². The molecular weight excluding hydrogens is 374 g/mol. The number of nitrogens with one attached hydrogen (secondary N) is 1. The lowest BCUT2D eigenvalue weighted by Crippen LogP contribution is -2.13. The lowest BCUT2D eigenvalue weighted by molar-refractivity contribution is -0.114. The van der Waals surface area contributed by atoms with E-state index in [1.54, 1.807) is 43.5 Å². The quantitative estimate of drug-likeness (QED) is 0.420. The zero-order valence-electron chi connectivity index (χ0n) is 16.0. The van der Waals surface area contributed by atoms with Crippen LogP contribution in [0.25, 0.3) is 33.3 Å². The third kappa shape index (κ3) is 3.25. The van der Waals surface area contributed by atoms with Crippen LogP contribution < -0.4 is 20.4 Å². The molecule has 8 heteroatoms. The fraction of sp³-hybridized carbons (Fsp3) is 0.143. The number of anilines is 1. The van der Waals surface area contributed by atoms with Gasteiger partial charge in [0.05, 0.1) is 19.7 Å². The maximum absolute atomic E-state index is 12.6. The van der Waals surface area contributed by atoms with Crippen molar-refractivity contribution in [2.75, 3.05) is 19.5 Å². The van der Waals surface area contributed by atoms with E-state index in [1.807, 2.05) is 6.07 Å². The molecule has 1 N–H and O–H groups in total. The fourth-order valence-electron chi connectivity index (χ4n) is 3.11. The Balaban J connectivity index is 2.07. The molecule has 0 spiro atoms. The first kappa shape index (κ1) is 18.4. The minimum atomic E-state index is -0.624. The lowest BCUT2D eigenvalue weighted by atomic mass is 10.1. The number of carbonyl (C=O) groups is 1. The maximum atomic E-state index is 12.6. The molecule has 0 aliphatic carbocycles. The van der Waals surface area contributed by atoms with Gasteiger partial charge in [-0.3, -0.25) is 4.79 Å².